The molecule has 0 aromatic rings. The van der Waals surface area contributed by atoms with Gasteiger partial charge in [-0.2, -0.15) is 4.89 Å². The molecule has 1 aliphatic heterocycles. The van der Waals surface area contributed by atoms with Crippen LogP contribution in [0.5, 0.6) is 0 Å². The van der Waals surface area contributed by atoms with Gasteiger partial charge in [0.1, 0.15) is 0 Å². The molecule has 1 heterocycles. The number of ether oxygens (including phenoxy) is 1. The predicted octanol–water partition coefficient (Wildman–Crippen LogP) is 2.17. The van der Waals surface area contributed by atoms with Crippen molar-refractivity contribution in [3.8, 4) is 0 Å². The molecule has 0 spiro atoms. The smallest absolute Gasteiger partial charge is 0.216 e. The highest BCUT2D eigenvalue weighted by Crippen LogP contribution is 2.21. The zero-order valence-corrected chi connectivity index (χ0v) is 7.35. The minimum atomic E-state index is -0.414. The Morgan fingerprint density at radius 1 is 1.64 bits per heavy atom. The Bertz CT molecular complexity index is 161. The van der Waals surface area contributed by atoms with Gasteiger partial charge in [0.2, 0.25) is 6.29 Å². The van der Waals surface area contributed by atoms with E-state index in [1.54, 1.807) is 0 Å². The van der Waals surface area contributed by atoms with E-state index in [0.29, 0.717) is 0 Å². The first-order chi connectivity index (χ1) is 5.25. The van der Waals surface area contributed by atoms with Crippen LogP contribution in [0, 0.1) is 0 Å². The summed E-state index contributed by atoms with van der Waals surface area (Å²) in [6.07, 6.45) is 0.374. The minimum Gasteiger partial charge on any atom is -0.316 e. The van der Waals surface area contributed by atoms with Crippen LogP contribution in [0.4, 0.5) is 0 Å². The molecule has 4 heteroatoms. The number of allylic oxidation sites excluding steroid dienone is 1. The summed E-state index contributed by atoms with van der Waals surface area (Å²) in [7, 11) is 0. The summed E-state index contributed by atoms with van der Waals surface area (Å²) in [5.41, 5.74) is 0.881. The Morgan fingerprint density at radius 2 is 2.36 bits per heavy atom. The van der Waals surface area contributed by atoms with Crippen LogP contribution < -0.4 is 0 Å². The van der Waals surface area contributed by atoms with Crippen molar-refractivity contribution >= 4 is 11.6 Å². The van der Waals surface area contributed by atoms with E-state index in [9.17, 15) is 0 Å². The molecule has 0 aromatic heterocycles. The second-order valence-electron chi connectivity index (χ2n) is 2.27. The zero-order chi connectivity index (χ0) is 8.27. The summed E-state index contributed by atoms with van der Waals surface area (Å²) in [6, 6.07) is 0. The lowest BCUT2D eigenvalue weighted by molar-refractivity contribution is -0.268. The van der Waals surface area contributed by atoms with Crippen molar-refractivity contribution < 1.29 is 14.5 Å². The first kappa shape index (κ1) is 9.00. The molecule has 0 aliphatic carbocycles. The molecule has 0 saturated carbocycles. The van der Waals surface area contributed by atoms with Gasteiger partial charge in [-0.05, 0) is 18.9 Å². The molecular weight excluding hydrogens is 168 g/mol. The van der Waals surface area contributed by atoms with Crippen LogP contribution in [0.3, 0.4) is 0 Å². The Morgan fingerprint density at radius 3 is 2.82 bits per heavy atom. The Kier molecular flexibility index (Phi) is 3.33. The number of hydrogen-bond acceptors (Lipinski definition) is 3. The quantitative estimate of drug-likeness (QED) is 0.607. The molecule has 0 aromatic carbocycles. The SMILES string of the molecule is CC/C(Cl)=C(/C)C1OCOO1. The average Bonchev–Trinajstić information content (AvgIpc) is 2.53. The van der Waals surface area contributed by atoms with Crippen molar-refractivity contribution in [2.75, 3.05) is 6.79 Å². The third-order valence-electron chi connectivity index (χ3n) is 1.51. The van der Waals surface area contributed by atoms with Gasteiger partial charge in [-0.15, -0.1) is 0 Å². The monoisotopic (exact) mass is 178 g/mol. The molecule has 64 valence electrons. The van der Waals surface area contributed by atoms with E-state index in [0.717, 1.165) is 17.0 Å². The van der Waals surface area contributed by atoms with E-state index in [-0.39, 0.29) is 6.79 Å². The lowest BCUT2D eigenvalue weighted by atomic mass is 10.2. The third kappa shape index (κ3) is 2.17. The summed E-state index contributed by atoms with van der Waals surface area (Å²) in [6.45, 7) is 4.02. The van der Waals surface area contributed by atoms with Gasteiger partial charge >= 0.3 is 0 Å². The second kappa shape index (κ2) is 4.07. The second-order valence-corrected chi connectivity index (χ2v) is 2.73. The van der Waals surface area contributed by atoms with E-state index < -0.39 is 6.29 Å². The number of hydrogen-bond donors (Lipinski definition) is 0. The standard InChI is InChI=1S/C7H11ClO3/c1-3-6(8)5(2)7-9-4-10-11-7/h7H,3-4H2,1-2H3/b6-5+. The van der Waals surface area contributed by atoms with Crippen LogP contribution in [0.15, 0.2) is 10.6 Å². The zero-order valence-electron chi connectivity index (χ0n) is 6.59. The molecule has 0 radical (unpaired) electrons. The van der Waals surface area contributed by atoms with E-state index in [1.807, 2.05) is 13.8 Å². The Hall–Kier alpha value is -0.0900. The summed E-state index contributed by atoms with van der Waals surface area (Å²) < 4.78 is 5.05. The van der Waals surface area contributed by atoms with E-state index >= 15 is 0 Å². The van der Waals surface area contributed by atoms with Gasteiger partial charge in [0.25, 0.3) is 0 Å². The lowest BCUT2D eigenvalue weighted by Gasteiger charge is -2.07. The fraction of sp³-hybridized carbons (Fsp3) is 0.714. The predicted molar refractivity (Wildman–Crippen MR) is 40.8 cm³/mol. The maximum atomic E-state index is 5.86. The molecule has 0 bridgehead atoms. The van der Waals surface area contributed by atoms with Crippen LogP contribution in [0.25, 0.3) is 0 Å². The molecule has 0 N–H and O–H groups in total. The van der Waals surface area contributed by atoms with Gasteiger partial charge in [0.05, 0.1) is 0 Å². The van der Waals surface area contributed by atoms with Crippen LogP contribution in [-0.4, -0.2) is 13.1 Å². The van der Waals surface area contributed by atoms with Gasteiger partial charge in [0.15, 0.2) is 6.79 Å². The third-order valence-corrected chi connectivity index (χ3v) is 2.08. The molecule has 1 saturated heterocycles. The van der Waals surface area contributed by atoms with Crippen LogP contribution in [0.2, 0.25) is 0 Å². The van der Waals surface area contributed by atoms with Gasteiger partial charge < -0.3 is 4.74 Å². The molecule has 3 nitrogen and oxygen atoms in total. The summed E-state index contributed by atoms with van der Waals surface area (Å²) >= 11 is 5.86. The van der Waals surface area contributed by atoms with Crippen molar-refractivity contribution in [2.24, 2.45) is 0 Å². The fourth-order valence-electron chi connectivity index (χ4n) is 0.811. The van der Waals surface area contributed by atoms with Crippen molar-refractivity contribution in [1.82, 2.24) is 0 Å². The van der Waals surface area contributed by atoms with Crippen LogP contribution >= 0.6 is 11.6 Å². The van der Waals surface area contributed by atoms with Crippen molar-refractivity contribution in [1.29, 1.82) is 0 Å². The Balaban J connectivity index is 2.57. The topological polar surface area (TPSA) is 27.7 Å². The van der Waals surface area contributed by atoms with Crippen LogP contribution in [0.1, 0.15) is 20.3 Å². The van der Waals surface area contributed by atoms with Crippen molar-refractivity contribution in [3.63, 3.8) is 0 Å². The van der Waals surface area contributed by atoms with Gasteiger partial charge in [0, 0.05) is 5.03 Å². The normalized spacial score (nSPS) is 27.0. The van der Waals surface area contributed by atoms with E-state index in [4.69, 9.17) is 21.2 Å². The number of halogens is 1. The largest absolute Gasteiger partial charge is 0.316 e. The highest BCUT2D eigenvalue weighted by Gasteiger charge is 2.21. The maximum Gasteiger partial charge on any atom is 0.216 e. The minimum absolute atomic E-state index is 0.176. The summed E-state index contributed by atoms with van der Waals surface area (Å²) in [5, 5.41) is 0.764. The maximum absolute atomic E-state index is 5.86. The summed E-state index contributed by atoms with van der Waals surface area (Å²) in [5.74, 6) is 0. The van der Waals surface area contributed by atoms with Crippen molar-refractivity contribution in [3.05, 3.63) is 10.6 Å². The van der Waals surface area contributed by atoms with Gasteiger partial charge in [-0.25, -0.2) is 4.89 Å². The number of rotatable bonds is 2. The van der Waals surface area contributed by atoms with E-state index in [1.165, 1.54) is 0 Å². The molecule has 1 atom stereocenters. The molecule has 1 aliphatic rings. The lowest BCUT2D eigenvalue weighted by Crippen LogP contribution is -2.09. The molecule has 11 heavy (non-hydrogen) atoms. The van der Waals surface area contributed by atoms with Gasteiger partial charge in [-0.3, -0.25) is 0 Å². The molecule has 1 fully saturated rings. The fourth-order valence-corrected chi connectivity index (χ4v) is 0.900. The van der Waals surface area contributed by atoms with E-state index in [2.05, 4.69) is 4.89 Å². The molecular formula is C7H11ClO3. The van der Waals surface area contributed by atoms with Crippen LogP contribution in [-0.2, 0) is 14.5 Å². The first-order valence-electron chi connectivity index (χ1n) is 3.50. The van der Waals surface area contributed by atoms with Crippen molar-refractivity contribution in [2.45, 2.75) is 26.6 Å². The highest BCUT2D eigenvalue weighted by atomic mass is 35.5. The summed E-state index contributed by atoms with van der Waals surface area (Å²) in [4.78, 5) is 9.33. The highest BCUT2D eigenvalue weighted by molar-refractivity contribution is 6.29. The average molecular weight is 179 g/mol. The molecule has 0 amide bonds. The Labute approximate surface area is 70.8 Å². The molecule has 1 rings (SSSR count). The first-order valence-corrected chi connectivity index (χ1v) is 3.88. The van der Waals surface area contributed by atoms with Gasteiger partial charge in [-0.1, -0.05) is 18.5 Å². The molecule has 1 unspecified atom stereocenters.